The van der Waals surface area contributed by atoms with Gasteiger partial charge >= 0.3 is 6.18 Å². The van der Waals surface area contributed by atoms with Crippen molar-refractivity contribution in [2.24, 2.45) is 10.7 Å². The molecule has 4 heterocycles. The van der Waals surface area contributed by atoms with Crippen LogP contribution < -0.4 is 16.0 Å². The number of nitrogens with zero attached hydrogens (tertiary/aromatic N) is 7. The summed E-state index contributed by atoms with van der Waals surface area (Å²) >= 11 is 0. The normalized spacial score (nSPS) is 14.6. The minimum absolute atomic E-state index is 0.0692. The molecule has 4 aromatic rings. The maximum absolute atomic E-state index is 12.9. The van der Waals surface area contributed by atoms with Gasteiger partial charge in [0.2, 0.25) is 5.88 Å². The van der Waals surface area contributed by atoms with Crippen LogP contribution >= 0.6 is 0 Å². The van der Waals surface area contributed by atoms with E-state index in [1.54, 1.807) is 24.4 Å². The monoisotopic (exact) mass is 536 g/mol. The summed E-state index contributed by atoms with van der Waals surface area (Å²) in [7, 11) is 1.52. The molecule has 0 aromatic carbocycles. The first kappa shape index (κ1) is 25.9. The highest BCUT2D eigenvalue weighted by molar-refractivity contribution is 5.95. The molecule has 1 fully saturated rings. The fourth-order valence-electron chi connectivity index (χ4n) is 4.04. The zero-order valence-electron chi connectivity index (χ0n) is 21.0. The van der Waals surface area contributed by atoms with E-state index in [0.29, 0.717) is 39.7 Å². The summed E-state index contributed by atoms with van der Waals surface area (Å²) in [5, 5.41) is 0.646. The van der Waals surface area contributed by atoms with E-state index >= 15 is 0 Å². The van der Waals surface area contributed by atoms with Crippen molar-refractivity contribution in [3.05, 3.63) is 76.5 Å². The Bertz CT molecular complexity index is 1660. The lowest BCUT2D eigenvalue weighted by molar-refractivity contribution is -0.0925. The predicted octanol–water partition coefficient (Wildman–Crippen LogP) is 4.08. The molecule has 5 rings (SSSR count). The Morgan fingerprint density at radius 2 is 1.95 bits per heavy atom. The first-order valence-electron chi connectivity index (χ1n) is 11.9. The van der Waals surface area contributed by atoms with E-state index in [2.05, 4.69) is 24.9 Å². The number of ether oxygens (including phenoxy) is 1. The fourth-order valence-corrected chi connectivity index (χ4v) is 4.04. The lowest BCUT2D eigenvalue weighted by Gasteiger charge is -2.13. The SMILES string of the molecule is COc1ncnc(C2CC2)c1-c1ncc2ccc(=O)n(Cc3ccc(N=C(C)C=C(N)C(F)(F)F)cn3)c2n1. The summed E-state index contributed by atoms with van der Waals surface area (Å²) in [6.07, 6.45) is 2.61. The van der Waals surface area contributed by atoms with Gasteiger partial charge in [0.1, 0.15) is 23.2 Å². The van der Waals surface area contributed by atoms with Crippen molar-refractivity contribution in [3.63, 3.8) is 0 Å². The molecule has 39 heavy (non-hydrogen) atoms. The van der Waals surface area contributed by atoms with Crippen molar-refractivity contribution >= 4 is 22.4 Å². The number of hydrogen-bond acceptors (Lipinski definition) is 9. The van der Waals surface area contributed by atoms with Crippen LogP contribution in [0.2, 0.25) is 0 Å². The van der Waals surface area contributed by atoms with E-state index in [-0.39, 0.29) is 23.7 Å². The zero-order chi connectivity index (χ0) is 27.7. The van der Waals surface area contributed by atoms with Crippen molar-refractivity contribution in [3.8, 4) is 17.3 Å². The van der Waals surface area contributed by atoms with Gasteiger partial charge in [-0.2, -0.15) is 13.2 Å². The Labute approximate surface area is 220 Å². The number of allylic oxidation sites excluding steroid dienone is 2. The minimum atomic E-state index is -4.63. The molecule has 1 aliphatic carbocycles. The Morgan fingerprint density at radius 3 is 2.62 bits per heavy atom. The van der Waals surface area contributed by atoms with E-state index in [1.807, 2.05) is 0 Å². The van der Waals surface area contributed by atoms with E-state index in [9.17, 15) is 18.0 Å². The van der Waals surface area contributed by atoms with E-state index in [0.717, 1.165) is 24.6 Å². The number of rotatable bonds is 7. The van der Waals surface area contributed by atoms with Gasteiger partial charge in [-0.1, -0.05) is 0 Å². The number of halogens is 3. The first-order valence-corrected chi connectivity index (χ1v) is 11.9. The van der Waals surface area contributed by atoms with Crippen LogP contribution in [0.3, 0.4) is 0 Å². The van der Waals surface area contributed by atoms with Crippen LogP contribution in [0.5, 0.6) is 5.88 Å². The second kappa shape index (κ2) is 10.2. The highest BCUT2D eigenvalue weighted by Crippen LogP contribution is 2.44. The second-order valence-corrected chi connectivity index (χ2v) is 9.01. The van der Waals surface area contributed by atoms with E-state index in [4.69, 9.17) is 15.5 Å². The molecule has 0 bridgehead atoms. The smallest absolute Gasteiger partial charge is 0.430 e. The summed E-state index contributed by atoms with van der Waals surface area (Å²) in [6, 6.07) is 6.29. The molecule has 0 unspecified atom stereocenters. The van der Waals surface area contributed by atoms with Crippen molar-refractivity contribution in [2.75, 3.05) is 7.11 Å². The highest BCUT2D eigenvalue weighted by atomic mass is 19.4. The first-order chi connectivity index (χ1) is 18.6. The summed E-state index contributed by atoms with van der Waals surface area (Å²) in [5.41, 5.74) is 6.24. The molecule has 4 aromatic heterocycles. The second-order valence-electron chi connectivity index (χ2n) is 9.01. The van der Waals surface area contributed by atoms with Crippen LogP contribution in [0, 0.1) is 0 Å². The van der Waals surface area contributed by atoms with Crippen LogP contribution in [-0.2, 0) is 6.54 Å². The standard InChI is InChI=1S/C26H23F3N8O2/c1-14(9-19(30)26(27,28)29)35-17-6-7-18(31-11-17)12-37-20(38)8-5-16-10-32-23(36-24(16)37)21-22(15-3-4-15)33-13-34-25(21)39-2/h5-11,13,15H,3-4,12,30H2,1-2H3. The fraction of sp³-hybridized carbons (Fsp3) is 0.269. The molecule has 1 aliphatic rings. The van der Waals surface area contributed by atoms with Crippen LogP contribution in [0.15, 0.2) is 64.5 Å². The third kappa shape index (κ3) is 5.61. The summed E-state index contributed by atoms with van der Waals surface area (Å²) in [6.45, 7) is 1.50. The summed E-state index contributed by atoms with van der Waals surface area (Å²) < 4.78 is 44.9. The van der Waals surface area contributed by atoms with Crippen LogP contribution in [-0.4, -0.2) is 48.5 Å². The molecule has 0 atom stereocenters. The molecule has 0 radical (unpaired) electrons. The van der Waals surface area contributed by atoms with Crippen molar-refractivity contribution in [1.82, 2.24) is 29.5 Å². The number of alkyl halides is 3. The lowest BCUT2D eigenvalue weighted by Crippen LogP contribution is -2.21. The van der Waals surface area contributed by atoms with Gasteiger partial charge < -0.3 is 10.5 Å². The maximum atomic E-state index is 12.9. The number of hydrogen-bond donors (Lipinski definition) is 1. The number of fused-ring (bicyclic) bond motifs is 1. The van der Waals surface area contributed by atoms with Gasteiger partial charge in [0.15, 0.2) is 5.82 Å². The summed E-state index contributed by atoms with van der Waals surface area (Å²) in [5.74, 6) is 0.986. The average molecular weight is 537 g/mol. The number of nitrogens with two attached hydrogens (primary N) is 1. The number of pyridine rings is 2. The average Bonchev–Trinajstić information content (AvgIpc) is 3.75. The molecular weight excluding hydrogens is 513 g/mol. The van der Waals surface area contributed by atoms with Crippen molar-refractivity contribution in [2.45, 2.75) is 38.4 Å². The van der Waals surface area contributed by atoms with Crippen molar-refractivity contribution in [1.29, 1.82) is 0 Å². The van der Waals surface area contributed by atoms with E-state index in [1.165, 1.54) is 37.2 Å². The lowest BCUT2D eigenvalue weighted by atomic mass is 10.1. The third-order valence-electron chi connectivity index (χ3n) is 6.07. The number of methoxy groups -OCH3 is 1. The number of aliphatic imine (C=N–C) groups is 1. The molecule has 10 nitrogen and oxygen atoms in total. The molecule has 200 valence electrons. The Balaban J connectivity index is 1.49. The molecule has 0 saturated heterocycles. The van der Waals surface area contributed by atoms with Gasteiger partial charge in [-0.3, -0.25) is 19.3 Å². The Kier molecular flexibility index (Phi) is 6.81. The van der Waals surface area contributed by atoms with Gasteiger partial charge in [0.05, 0.1) is 36.9 Å². The zero-order valence-corrected chi connectivity index (χ0v) is 21.0. The molecule has 1 saturated carbocycles. The third-order valence-corrected chi connectivity index (χ3v) is 6.07. The van der Waals surface area contributed by atoms with Crippen LogP contribution in [0.1, 0.15) is 37.1 Å². The number of aromatic nitrogens is 6. The van der Waals surface area contributed by atoms with Gasteiger partial charge in [-0.15, -0.1) is 0 Å². The molecular formula is C26H23F3N8O2. The minimum Gasteiger partial charge on any atom is -0.480 e. The molecule has 0 aliphatic heterocycles. The van der Waals surface area contributed by atoms with E-state index < -0.39 is 11.9 Å². The molecule has 13 heteroatoms. The molecule has 2 N–H and O–H groups in total. The molecule has 0 amide bonds. The largest absolute Gasteiger partial charge is 0.480 e. The Morgan fingerprint density at radius 1 is 1.15 bits per heavy atom. The van der Waals surface area contributed by atoms with Crippen molar-refractivity contribution < 1.29 is 17.9 Å². The van der Waals surface area contributed by atoms with Crippen LogP contribution in [0.4, 0.5) is 18.9 Å². The van der Waals surface area contributed by atoms with Gasteiger partial charge in [0.25, 0.3) is 5.56 Å². The molecule has 0 spiro atoms. The topological polar surface area (TPSA) is 134 Å². The van der Waals surface area contributed by atoms with Gasteiger partial charge in [0, 0.05) is 29.3 Å². The quantitative estimate of drug-likeness (QED) is 0.349. The predicted molar refractivity (Wildman–Crippen MR) is 138 cm³/mol. The highest BCUT2D eigenvalue weighted by Gasteiger charge is 2.32. The van der Waals surface area contributed by atoms with Gasteiger partial charge in [-0.25, -0.2) is 19.9 Å². The van der Waals surface area contributed by atoms with Crippen LogP contribution in [0.25, 0.3) is 22.4 Å². The van der Waals surface area contributed by atoms with Gasteiger partial charge in [-0.05, 0) is 44.0 Å². The maximum Gasteiger partial charge on any atom is 0.430 e. The Hall–Kier alpha value is -4.68. The summed E-state index contributed by atoms with van der Waals surface area (Å²) in [4.78, 5) is 39.2.